The molecule has 2 aromatic carbocycles. The van der Waals surface area contributed by atoms with Crippen molar-refractivity contribution >= 4 is 28.3 Å². The number of nitrogens with zero attached hydrogens (tertiary/aromatic N) is 5. The molecule has 0 aliphatic carbocycles. The van der Waals surface area contributed by atoms with Crippen LogP contribution in [-0.4, -0.2) is 50.9 Å². The van der Waals surface area contributed by atoms with Crippen LogP contribution in [0.25, 0.3) is 16.7 Å². The van der Waals surface area contributed by atoms with Crippen LogP contribution in [0.4, 0.5) is 10.1 Å². The Morgan fingerprint density at radius 1 is 0.889 bits per heavy atom. The number of carbonyl (C=O) groups excluding carboxylic acids is 1. The monoisotopic (exact) mass is 481 g/mol. The van der Waals surface area contributed by atoms with Gasteiger partial charge in [-0.25, -0.2) is 9.37 Å². The summed E-state index contributed by atoms with van der Waals surface area (Å²) in [5, 5.41) is 0. The molecule has 1 aliphatic heterocycles. The molecule has 5 aromatic rings. The number of benzene rings is 2. The van der Waals surface area contributed by atoms with E-state index in [2.05, 4.69) is 4.98 Å². The van der Waals surface area contributed by atoms with Crippen LogP contribution in [-0.2, 0) is 6.54 Å². The zero-order valence-electron chi connectivity index (χ0n) is 19.5. The average Bonchev–Trinajstić information content (AvgIpc) is 3.42. The van der Waals surface area contributed by atoms with Gasteiger partial charge in [0, 0.05) is 44.1 Å². The van der Waals surface area contributed by atoms with Gasteiger partial charge in [0.15, 0.2) is 5.65 Å². The van der Waals surface area contributed by atoms with Gasteiger partial charge in [-0.15, -0.1) is 0 Å². The Hall–Kier alpha value is -4.46. The number of para-hydroxylation sites is 1. The molecule has 0 unspecified atom stereocenters. The number of anilines is 1. The fraction of sp³-hybridized carbons (Fsp3) is 0.179. The summed E-state index contributed by atoms with van der Waals surface area (Å²) in [5.74, 6) is -0.317. The van der Waals surface area contributed by atoms with Crippen LogP contribution < -0.4 is 10.5 Å². The minimum atomic E-state index is -0.249. The Bertz CT molecular complexity index is 1650. The number of carbonyl (C=O) groups is 1. The van der Waals surface area contributed by atoms with E-state index in [0.29, 0.717) is 55.1 Å². The van der Waals surface area contributed by atoms with E-state index in [-0.39, 0.29) is 17.3 Å². The third kappa shape index (κ3) is 3.80. The fourth-order valence-corrected chi connectivity index (χ4v) is 4.96. The second-order valence-electron chi connectivity index (χ2n) is 8.93. The van der Waals surface area contributed by atoms with Gasteiger partial charge in [0.1, 0.15) is 11.3 Å². The van der Waals surface area contributed by atoms with Gasteiger partial charge in [-0.2, -0.15) is 0 Å². The predicted octanol–water partition coefficient (Wildman–Crippen LogP) is 3.80. The Kier molecular flexibility index (Phi) is 5.48. The van der Waals surface area contributed by atoms with Crippen LogP contribution in [0.5, 0.6) is 0 Å². The predicted molar refractivity (Wildman–Crippen MR) is 137 cm³/mol. The van der Waals surface area contributed by atoms with Gasteiger partial charge in [-0.1, -0.05) is 24.3 Å². The van der Waals surface area contributed by atoms with E-state index >= 15 is 0 Å². The molecule has 1 amide bonds. The second kappa shape index (κ2) is 8.96. The van der Waals surface area contributed by atoms with Crippen molar-refractivity contribution in [1.29, 1.82) is 0 Å². The molecule has 0 spiro atoms. The topological polar surface area (TPSA) is 62.9 Å². The molecule has 1 fully saturated rings. The first kappa shape index (κ1) is 22.0. The summed E-state index contributed by atoms with van der Waals surface area (Å²) in [6.45, 7) is 2.45. The largest absolute Gasteiger partial charge is 0.366 e. The van der Waals surface area contributed by atoms with Crippen LogP contribution in [0.3, 0.4) is 0 Å². The molecule has 1 saturated heterocycles. The van der Waals surface area contributed by atoms with Crippen molar-refractivity contribution in [3.05, 3.63) is 112 Å². The average molecular weight is 482 g/mol. The first-order valence-corrected chi connectivity index (χ1v) is 11.9. The highest BCUT2D eigenvalue weighted by Crippen LogP contribution is 2.21. The maximum atomic E-state index is 14.2. The summed E-state index contributed by atoms with van der Waals surface area (Å²) in [7, 11) is 0. The lowest BCUT2D eigenvalue weighted by Gasteiger charge is -2.36. The molecule has 0 radical (unpaired) electrons. The van der Waals surface area contributed by atoms with Crippen molar-refractivity contribution in [3.63, 3.8) is 0 Å². The number of fused-ring (bicyclic) bond motifs is 3. The van der Waals surface area contributed by atoms with Crippen LogP contribution in [0.2, 0.25) is 0 Å². The Morgan fingerprint density at radius 3 is 2.53 bits per heavy atom. The number of rotatable bonds is 4. The highest BCUT2D eigenvalue weighted by Gasteiger charge is 2.24. The lowest BCUT2D eigenvalue weighted by atomic mass is 10.1. The highest BCUT2D eigenvalue weighted by atomic mass is 19.1. The van der Waals surface area contributed by atoms with Crippen molar-refractivity contribution in [2.45, 2.75) is 6.54 Å². The summed E-state index contributed by atoms with van der Waals surface area (Å²) in [6.07, 6.45) is 3.53. The van der Waals surface area contributed by atoms with Gasteiger partial charge in [0.25, 0.3) is 11.5 Å². The molecular weight excluding hydrogens is 457 g/mol. The molecule has 7 nitrogen and oxygen atoms in total. The number of piperazine rings is 1. The number of pyridine rings is 1. The lowest BCUT2D eigenvalue weighted by Crippen LogP contribution is -2.49. The van der Waals surface area contributed by atoms with Gasteiger partial charge in [0.05, 0.1) is 17.7 Å². The van der Waals surface area contributed by atoms with Gasteiger partial charge in [-0.05, 0) is 54.1 Å². The number of hydrogen-bond donors (Lipinski definition) is 0. The zero-order valence-corrected chi connectivity index (χ0v) is 19.5. The van der Waals surface area contributed by atoms with Crippen LogP contribution in [0.1, 0.15) is 15.9 Å². The molecule has 0 bridgehead atoms. The second-order valence-corrected chi connectivity index (χ2v) is 8.93. The Labute approximate surface area is 206 Å². The maximum Gasteiger partial charge on any atom is 0.276 e. The third-order valence-corrected chi connectivity index (χ3v) is 6.77. The number of aromatic nitrogens is 3. The first-order chi connectivity index (χ1) is 17.6. The SMILES string of the molecule is O=C(c1cccc(Cn2c(=O)c3cccn3c3cccnc32)c1)N1CCN(c2ccccc2F)CC1. The maximum absolute atomic E-state index is 14.2. The normalized spacial score (nSPS) is 14.0. The summed E-state index contributed by atoms with van der Waals surface area (Å²) < 4.78 is 17.7. The molecule has 6 rings (SSSR count). The van der Waals surface area contributed by atoms with Gasteiger partial charge in [0.2, 0.25) is 0 Å². The van der Waals surface area contributed by atoms with E-state index in [1.807, 2.05) is 58.0 Å². The molecule has 1 aliphatic rings. The first-order valence-electron chi connectivity index (χ1n) is 11.9. The van der Waals surface area contributed by atoms with Crippen molar-refractivity contribution in [1.82, 2.24) is 18.9 Å². The summed E-state index contributed by atoms with van der Waals surface area (Å²) in [6, 6.07) is 21.5. The standard InChI is InChI=1S/C28H24FN5O2/c29-22-8-1-2-9-23(22)31-14-16-32(17-15-31)27(35)21-7-3-6-20(18-21)19-34-26-24(10-4-12-30-26)33-13-5-11-25(33)28(34)36/h1-13,18H,14-17,19H2. The van der Waals surface area contributed by atoms with E-state index in [1.54, 1.807) is 39.9 Å². The van der Waals surface area contributed by atoms with E-state index < -0.39 is 0 Å². The van der Waals surface area contributed by atoms with Gasteiger partial charge < -0.3 is 14.2 Å². The molecule has 4 heterocycles. The van der Waals surface area contributed by atoms with Gasteiger partial charge in [-0.3, -0.25) is 14.2 Å². The van der Waals surface area contributed by atoms with Crippen LogP contribution in [0.15, 0.2) is 90.0 Å². The van der Waals surface area contributed by atoms with E-state index in [4.69, 9.17) is 0 Å². The van der Waals surface area contributed by atoms with Crippen molar-refractivity contribution < 1.29 is 9.18 Å². The molecule has 3 aromatic heterocycles. The molecule has 8 heteroatoms. The smallest absolute Gasteiger partial charge is 0.276 e. The number of hydrogen-bond acceptors (Lipinski definition) is 4. The Morgan fingerprint density at radius 2 is 1.69 bits per heavy atom. The highest BCUT2D eigenvalue weighted by molar-refractivity contribution is 5.94. The zero-order chi connectivity index (χ0) is 24.6. The quantitative estimate of drug-likeness (QED) is 0.392. The number of amides is 1. The van der Waals surface area contributed by atoms with Crippen molar-refractivity contribution in [2.24, 2.45) is 0 Å². The molecule has 36 heavy (non-hydrogen) atoms. The third-order valence-electron chi connectivity index (χ3n) is 6.77. The molecule has 0 saturated carbocycles. The molecule has 0 atom stereocenters. The number of halogens is 1. The molecule has 180 valence electrons. The summed E-state index contributed by atoms with van der Waals surface area (Å²) >= 11 is 0. The summed E-state index contributed by atoms with van der Waals surface area (Å²) in [5.41, 5.74) is 3.86. The lowest BCUT2D eigenvalue weighted by molar-refractivity contribution is 0.0746. The van der Waals surface area contributed by atoms with Gasteiger partial charge >= 0.3 is 0 Å². The molecule has 0 N–H and O–H groups in total. The van der Waals surface area contributed by atoms with E-state index in [0.717, 1.165) is 11.1 Å². The van der Waals surface area contributed by atoms with Crippen molar-refractivity contribution in [2.75, 3.05) is 31.1 Å². The Balaban J connectivity index is 1.24. The molecular formula is C28H24FN5O2. The van der Waals surface area contributed by atoms with E-state index in [1.165, 1.54) is 6.07 Å². The van der Waals surface area contributed by atoms with E-state index in [9.17, 15) is 14.0 Å². The van der Waals surface area contributed by atoms with Crippen molar-refractivity contribution in [3.8, 4) is 0 Å². The summed E-state index contributed by atoms with van der Waals surface area (Å²) in [4.78, 5) is 34.8. The van der Waals surface area contributed by atoms with Crippen LogP contribution in [0, 0.1) is 5.82 Å². The minimum absolute atomic E-state index is 0.0672. The fourth-order valence-electron chi connectivity index (χ4n) is 4.96. The van der Waals surface area contributed by atoms with Crippen LogP contribution >= 0.6 is 0 Å². The minimum Gasteiger partial charge on any atom is -0.366 e.